The van der Waals surface area contributed by atoms with Gasteiger partial charge in [0.25, 0.3) is 0 Å². The van der Waals surface area contributed by atoms with Gasteiger partial charge in [0.2, 0.25) is 0 Å². The molecule has 17 heavy (non-hydrogen) atoms. The van der Waals surface area contributed by atoms with Crippen molar-refractivity contribution in [1.29, 1.82) is 0 Å². The van der Waals surface area contributed by atoms with Crippen molar-refractivity contribution in [2.24, 2.45) is 0 Å². The highest BCUT2D eigenvalue weighted by Crippen LogP contribution is 2.28. The molecule has 1 aromatic rings. The van der Waals surface area contributed by atoms with Gasteiger partial charge in [-0.1, -0.05) is 6.07 Å². The van der Waals surface area contributed by atoms with Crippen molar-refractivity contribution in [2.75, 3.05) is 39.0 Å². The largest absolute Gasteiger partial charge is 0.495 e. The molecule has 0 atom stereocenters. The minimum atomic E-state index is 0.778. The minimum Gasteiger partial charge on any atom is -0.495 e. The average molecular weight is 235 g/mol. The van der Waals surface area contributed by atoms with E-state index >= 15 is 0 Å². The number of nitrogen functional groups attached to an aromatic ring is 1. The summed E-state index contributed by atoms with van der Waals surface area (Å²) in [5, 5.41) is 3.35. The number of nitrogens with one attached hydrogen (secondary N) is 1. The zero-order valence-electron chi connectivity index (χ0n) is 10.6. The van der Waals surface area contributed by atoms with Gasteiger partial charge in [-0.05, 0) is 24.1 Å². The molecule has 1 aliphatic rings. The highest BCUT2D eigenvalue weighted by atomic mass is 16.5. The predicted molar refractivity (Wildman–Crippen MR) is 70.3 cm³/mol. The van der Waals surface area contributed by atoms with E-state index in [2.05, 4.69) is 23.2 Å². The highest BCUT2D eigenvalue weighted by molar-refractivity contribution is 5.61. The van der Waals surface area contributed by atoms with E-state index in [1.807, 2.05) is 6.07 Å². The molecular formula is C13H21N3O. The van der Waals surface area contributed by atoms with Crippen LogP contribution in [0.2, 0.25) is 0 Å². The predicted octanol–water partition coefficient (Wildman–Crippen LogP) is 0.991. The van der Waals surface area contributed by atoms with Gasteiger partial charge in [0.15, 0.2) is 0 Å². The Morgan fingerprint density at radius 2 is 2.06 bits per heavy atom. The van der Waals surface area contributed by atoms with E-state index in [-0.39, 0.29) is 0 Å². The van der Waals surface area contributed by atoms with Crippen LogP contribution in [0.1, 0.15) is 11.1 Å². The second-order valence-electron chi connectivity index (χ2n) is 4.50. The number of hydrogen-bond acceptors (Lipinski definition) is 4. The first-order valence-corrected chi connectivity index (χ1v) is 6.07. The molecule has 0 aliphatic carbocycles. The molecule has 4 heteroatoms. The molecule has 1 aliphatic heterocycles. The monoisotopic (exact) mass is 235 g/mol. The molecule has 1 saturated heterocycles. The molecule has 4 nitrogen and oxygen atoms in total. The third-order valence-electron chi connectivity index (χ3n) is 3.36. The van der Waals surface area contributed by atoms with Gasteiger partial charge in [0.1, 0.15) is 5.75 Å². The van der Waals surface area contributed by atoms with Crippen molar-refractivity contribution < 1.29 is 4.74 Å². The molecule has 0 spiro atoms. The van der Waals surface area contributed by atoms with Crippen LogP contribution in [0.4, 0.5) is 5.69 Å². The first kappa shape index (κ1) is 12.2. The van der Waals surface area contributed by atoms with Gasteiger partial charge in [-0.15, -0.1) is 0 Å². The minimum absolute atomic E-state index is 0.778. The fourth-order valence-corrected chi connectivity index (χ4v) is 2.23. The van der Waals surface area contributed by atoms with Crippen LogP contribution in [0, 0.1) is 6.92 Å². The average Bonchev–Trinajstić information content (AvgIpc) is 2.36. The van der Waals surface area contributed by atoms with E-state index in [0.717, 1.165) is 44.2 Å². The molecule has 0 radical (unpaired) electrons. The van der Waals surface area contributed by atoms with Gasteiger partial charge in [-0.3, -0.25) is 4.90 Å². The van der Waals surface area contributed by atoms with Crippen LogP contribution in [0.5, 0.6) is 5.75 Å². The summed E-state index contributed by atoms with van der Waals surface area (Å²) in [5.74, 6) is 0.778. The first-order valence-electron chi connectivity index (χ1n) is 6.07. The van der Waals surface area contributed by atoms with Crippen LogP contribution in [-0.2, 0) is 6.54 Å². The molecule has 1 aromatic carbocycles. The molecule has 0 aromatic heterocycles. The number of piperazine rings is 1. The smallest absolute Gasteiger partial charge is 0.142 e. The zero-order chi connectivity index (χ0) is 12.3. The molecule has 3 N–H and O–H groups in total. The Kier molecular flexibility index (Phi) is 3.86. The quantitative estimate of drug-likeness (QED) is 0.767. The number of hydrogen-bond donors (Lipinski definition) is 2. The lowest BCUT2D eigenvalue weighted by atomic mass is 10.0. The number of ether oxygens (including phenoxy) is 1. The standard InChI is InChI=1S/C13H21N3O/c1-10-3-4-12(17-2)13(14)11(10)9-16-7-5-15-6-8-16/h3-4,15H,5-9,14H2,1-2H3. The normalized spacial score (nSPS) is 17.1. The van der Waals surface area contributed by atoms with Gasteiger partial charge >= 0.3 is 0 Å². The molecule has 94 valence electrons. The lowest BCUT2D eigenvalue weighted by molar-refractivity contribution is 0.233. The fraction of sp³-hybridized carbons (Fsp3) is 0.538. The van der Waals surface area contributed by atoms with Crippen molar-refractivity contribution in [3.63, 3.8) is 0 Å². The number of benzene rings is 1. The molecular weight excluding hydrogens is 214 g/mol. The molecule has 0 unspecified atom stereocenters. The fourth-order valence-electron chi connectivity index (χ4n) is 2.23. The van der Waals surface area contributed by atoms with E-state index in [4.69, 9.17) is 10.5 Å². The van der Waals surface area contributed by atoms with Crippen molar-refractivity contribution in [2.45, 2.75) is 13.5 Å². The Labute approximate surface area is 103 Å². The van der Waals surface area contributed by atoms with Crippen molar-refractivity contribution in [1.82, 2.24) is 10.2 Å². The van der Waals surface area contributed by atoms with Gasteiger partial charge in [0.05, 0.1) is 12.8 Å². The van der Waals surface area contributed by atoms with E-state index in [9.17, 15) is 0 Å². The molecule has 1 fully saturated rings. The summed E-state index contributed by atoms with van der Waals surface area (Å²) in [5.41, 5.74) is 9.37. The van der Waals surface area contributed by atoms with E-state index in [1.54, 1.807) is 7.11 Å². The maximum Gasteiger partial charge on any atom is 0.142 e. The summed E-state index contributed by atoms with van der Waals surface area (Å²) in [6, 6.07) is 4.01. The Bertz CT molecular complexity index is 386. The lowest BCUT2D eigenvalue weighted by Gasteiger charge is -2.28. The third-order valence-corrected chi connectivity index (χ3v) is 3.36. The number of nitrogens with two attached hydrogens (primary N) is 1. The highest BCUT2D eigenvalue weighted by Gasteiger charge is 2.15. The van der Waals surface area contributed by atoms with Crippen molar-refractivity contribution >= 4 is 5.69 Å². The number of anilines is 1. The van der Waals surface area contributed by atoms with Crippen molar-refractivity contribution in [3.8, 4) is 5.75 Å². The number of methoxy groups -OCH3 is 1. The van der Waals surface area contributed by atoms with Crippen molar-refractivity contribution in [3.05, 3.63) is 23.3 Å². The van der Waals surface area contributed by atoms with Crippen LogP contribution < -0.4 is 15.8 Å². The third kappa shape index (κ3) is 2.70. The first-order chi connectivity index (χ1) is 8.22. The van der Waals surface area contributed by atoms with E-state index in [1.165, 1.54) is 11.1 Å². The van der Waals surface area contributed by atoms with Gasteiger partial charge in [0, 0.05) is 32.7 Å². The molecule has 0 saturated carbocycles. The van der Waals surface area contributed by atoms with Crippen LogP contribution in [0.25, 0.3) is 0 Å². The molecule has 1 heterocycles. The summed E-state index contributed by atoms with van der Waals surface area (Å²) < 4.78 is 5.27. The van der Waals surface area contributed by atoms with E-state index < -0.39 is 0 Å². The Morgan fingerprint density at radius 1 is 1.35 bits per heavy atom. The maximum atomic E-state index is 6.14. The summed E-state index contributed by atoms with van der Waals surface area (Å²) in [6.07, 6.45) is 0. The number of rotatable bonds is 3. The second-order valence-corrected chi connectivity index (χ2v) is 4.50. The SMILES string of the molecule is COc1ccc(C)c(CN2CCNCC2)c1N. The van der Waals surface area contributed by atoms with Crippen LogP contribution in [0.3, 0.4) is 0 Å². The summed E-state index contributed by atoms with van der Waals surface area (Å²) in [4.78, 5) is 2.43. The second kappa shape index (κ2) is 5.38. The van der Waals surface area contributed by atoms with Gasteiger partial charge < -0.3 is 15.8 Å². The zero-order valence-corrected chi connectivity index (χ0v) is 10.6. The van der Waals surface area contributed by atoms with Crippen LogP contribution in [-0.4, -0.2) is 38.2 Å². The Balaban J connectivity index is 2.18. The molecule has 2 rings (SSSR count). The van der Waals surface area contributed by atoms with Crippen LogP contribution >= 0.6 is 0 Å². The van der Waals surface area contributed by atoms with E-state index in [0.29, 0.717) is 0 Å². The lowest BCUT2D eigenvalue weighted by Crippen LogP contribution is -2.43. The summed E-state index contributed by atoms with van der Waals surface area (Å²) in [7, 11) is 1.66. The summed E-state index contributed by atoms with van der Waals surface area (Å²) in [6.45, 7) is 7.29. The Hall–Kier alpha value is -1.26. The van der Waals surface area contributed by atoms with Gasteiger partial charge in [-0.25, -0.2) is 0 Å². The van der Waals surface area contributed by atoms with Crippen LogP contribution in [0.15, 0.2) is 12.1 Å². The Morgan fingerprint density at radius 3 is 2.71 bits per heavy atom. The maximum absolute atomic E-state index is 6.14. The topological polar surface area (TPSA) is 50.5 Å². The molecule has 0 amide bonds. The van der Waals surface area contributed by atoms with Gasteiger partial charge in [-0.2, -0.15) is 0 Å². The molecule has 0 bridgehead atoms. The number of aryl methyl sites for hydroxylation is 1. The summed E-state index contributed by atoms with van der Waals surface area (Å²) >= 11 is 0. The number of nitrogens with zero attached hydrogens (tertiary/aromatic N) is 1.